The molecule has 0 radical (unpaired) electrons. The topological polar surface area (TPSA) is 113 Å². The van der Waals surface area contributed by atoms with Gasteiger partial charge < -0.3 is 14.2 Å². The Morgan fingerprint density at radius 1 is 1.00 bits per heavy atom. The van der Waals surface area contributed by atoms with E-state index in [1.165, 1.54) is 13.8 Å². The molecule has 39 heavy (non-hydrogen) atoms. The smallest absolute Gasteiger partial charge is 0.338 e. The van der Waals surface area contributed by atoms with E-state index in [0.29, 0.717) is 5.57 Å². The van der Waals surface area contributed by atoms with Crippen LogP contribution in [0.15, 0.2) is 54.1 Å². The van der Waals surface area contributed by atoms with Crippen LogP contribution < -0.4 is 0 Å². The Morgan fingerprint density at radius 3 is 2.23 bits per heavy atom. The average molecular weight is 537 g/mol. The SMILES string of the molecule is C=C1C(=O)C[C@H]2[C@@H](/C=C(\C)C(=O)[C@@]3(OC(C)=O)C[C@H](C)[C@H](OC(=O)c4ccccc4)[C@@H]3[C@H]1OC(C)=O)C2(C)C. The highest BCUT2D eigenvalue weighted by atomic mass is 16.6. The fourth-order valence-corrected chi connectivity index (χ4v) is 6.59. The van der Waals surface area contributed by atoms with E-state index in [0.717, 1.165) is 0 Å². The molecule has 0 aromatic heterocycles. The molecule has 0 aliphatic heterocycles. The van der Waals surface area contributed by atoms with Gasteiger partial charge in [-0.15, -0.1) is 0 Å². The van der Waals surface area contributed by atoms with Gasteiger partial charge in [0.05, 0.1) is 11.5 Å². The van der Waals surface area contributed by atoms with Gasteiger partial charge in [0.1, 0.15) is 12.2 Å². The predicted molar refractivity (Wildman–Crippen MR) is 141 cm³/mol. The van der Waals surface area contributed by atoms with Crippen molar-refractivity contribution in [3.05, 3.63) is 59.7 Å². The van der Waals surface area contributed by atoms with E-state index in [1.54, 1.807) is 44.2 Å². The molecule has 1 aromatic rings. The molecule has 1 aromatic carbocycles. The van der Waals surface area contributed by atoms with Crippen LogP contribution >= 0.6 is 0 Å². The summed E-state index contributed by atoms with van der Waals surface area (Å²) in [7, 11) is 0. The second-order valence-corrected chi connectivity index (χ2v) is 11.7. The molecular formula is C31H36O8. The van der Waals surface area contributed by atoms with Crippen LogP contribution in [0.2, 0.25) is 0 Å². The lowest BCUT2D eigenvalue weighted by atomic mass is 9.76. The van der Waals surface area contributed by atoms with E-state index in [-0.39, 0.29) is 47.0 Å². The van der Waals surface area contributed by atoms with Crippen LogP contribution in [0, 0.1) is 29.1 Å². The zero-order valence-corrected chi connectivity index (χ0v) is 23.3. The first-order valence-electron chi connectivity index (χ1n) is 13.3. The molecule has 0 saturated heterocycles. The maximum absolute atomic E-state index is 14.3. The molecular weight excluding hydrogens is 500 g/mol. The molecule has 8 nitrogen and oxygen atoms in total. The second-order valence-electron chi connectivity index (χ2n) is 11.7. The largest absolute Gasteiger partial charge is 0.458 e. The molecule has 3 aliphatic carbocycles. The molecule has 0 bridgehead atoms. The summed E-state index contributed by atoms with van der Waals surface area (Å²) in [5, 5.41) is 0. The maximum Gasteiger partial charge on any atom is 0.338 e. The van der Waals surface area contributed by atoms with Crippen LogP contribution in [0.1, 0.15) is 64.7 Å². The number of carbonyl (C=O) groups excluding carboxylic acids is 5. The third kappa shape index (κ3) is 5.09. The number of esters is 3. The van der Waals surface area contributed by atoms with Crippen molar-refractivity contribution in [3.8, 4) is 0 Å². The van der Waals surface area contributed by atoms with Gasteiger partial charge in [-0.2, -0.15) is 0 Å². The van der Waals surface area contributed by atoms with Gasteiger partial charge in [0.2, 0.25) is 5.78 Å². The Morgan fingerprint density at radius 2 is 1.64 bits per heavy atom. The fourth-order valence-electron chi connectivity index (χ4n) is 6.59. The quantitative estimate of drug-likeness (QED) is 0.316. The molecule has 7 atom stereocenters. The summed E-state index contributed by atoms with van der Waals surface area (Å²) in [6.07, 6.45) is -0.378. The number of allylic oxidation sites excluding steroid dienone is 1. The highest BCUT2D eigenvalue weighted by Crippen LogP contribution is 2.62. The van der Waals surface area contributed by atoms with Crippen molar-refractivity contribution >= 4 is 29.5 Å². The molecule has 208 valence electrons. The van der Waals surface area contributed by atoms with Gasteiger partial charge in [0.15, 0.2) is 11.4 Å². The lowest BCUT2D eigenvalue weighted by Crippen LogP contribution is -2.55. The number of hydrogen-bond donors (Lipinski definition) is 0. The Balaban J connectivity index is 1.91. The van der Waals surface area contributed by atoms with Crippen molar-refractivity contribution in [1.82, 2.24) is 0 Å². The number of hydrogen-bond acceptors (Lipinski definition) is 8. The fraction of sp³-hybridized carbons (Fsp3) is 0.516. The van der Waals surface area contributed by atoms with E-state index in [9.17, 15) is 24.0 Å². The highest BCUT2D eigenvalue weighted by molar-refractivity contribution is 6.04. The summed E-state index contributed by atoms with van der Waals surface area (Å²) in [6, 6.07) is 8.33. The molecule has 3 aliphatic rings. The van der Waals surface area contributed by atoms with Gasteiger partial charge in [-0.25, -0.2) is 4.79 Å². The summed E-state index contributed by atoms with van der Waals surface area (Å²) < 4.78 is 17.6. The zero-order valence-electron chi connectivity index (χ0n) is 23.3. The number of ether oxygens (including phenoxy) is 3. The van der Waals surface area contributed by atoms with Gasteiger partial charge in [-0.05, 0) is 47.8 Å². The Hall–Kier alpha value is -3.55. The Labute approximate surface area is 228 Å². The number of ketones is 2. The van der Waals surface area contributed by atoms with Crippen LogP contribution in [0.3, 0.4) is 0 Å². The van der Waals surface area contributed by atoms with E-state index >= 15 is 0 Å². The molecule has 0 amide bonds. The minimum Gasteiger partial charge on any atom is -0.458 e. The molecule has 4 rings (SSSR count). The van der Waals surface area contributed by atoms with E-state index in [1.807, 2.05) is 19.9 Å². The number of fused-ring (bicyclic) bond motifs is 2. The predicted octanol–water partition coefficient (Wildman–Crippen LogP) is 4.42. The average Bonchev–Trinajstić information content (AvgIpc) is 3.23. The second kappa shape index (κ2) is 10.2. The molecule has 8 heteroatoms. The molecule has 2 saturated carbocycles. The number of carbonyl (C=O) groups is 5. The van der Waals surface area contributed by atoms with Crippen LogP contribution in [-0.4, -0.2) is 47.3 Å². The first-order chi connectivity index (χ1) is 18.2. The van der Waals surface area contributed by atoms with Crippen molar-refractivity contribution in [2.24, 2.45) is 29.1 Å². The highest BCUT2D eigenvalue weighted by Gasteiger charge is 2.66. The summed E-state index contributed by atoms with van der Waals surface area (Å²) in [4.78, 5) is 66.0. The molecule has 0 spiro atoms. The summed E-state index contributed by atoms with van der Waals surface area (Å²) in [6.45, 7) is 13.9. The van der Waals surface area contributed by atoms with Crippen molar-refractivity contribution < 1.29 is 38.2 Å². The van der Waals surface area contributed by atoms with Crippen LogP contribution in [0.5, 0.6) is 0 Å². The third-order valence-electron chi connectivity index (χ3n) is 8.69. The summed E-state index contributed by atoms with van der Waals surface area (Å²) in [5.41, 5.74) is -1.43. The number of Topliss-reactive ketones (excluding diaryl/α,β-unsaturated/α-hetero) is 2. The number of benzene rings is 1. The third-order valence-corrected chi connectivity index (χ3v) is 8.69. The lowest BCUT2D eigenvalue weighted by molar-refractivity contribution is -0.179. The van der Waals surface area contributed by atoms with Gasteiger partial charge >= 0.3 is 17.9 Å². The normalized spacial score (nSPS) is 34.9. The zero-order chi connectivity index (χ0) is 28.9. The molecule has 2 fully saturated rings. The summed E-state index contributed by atoms with van der Waals surface area (Å²) >= 11 is 0. The van der Waals surface area contributed by atoms with Crippen LogP contribution in [-0.2, 0) is 33.4 Å². The van der Waals surface area contributed by atoms with Gasteiger partial charge in [0, 0.05) is 32.3 Å². The van der Waals surface area contributed by atoms with E-state index in [2.05, 4.69) is 6.58 Å². The molecule has 0 unspecified atom stereocenters. The minimum atomic E-state index is -1.85. The Bertz CT molecular complexity index is 1260. The van der Waals surface area contributed by atoms with Crippen molar-refractivity contribution in [3.63, 3.8) is 0 Å². The molecule has 0 N–H and O–H groups in total. The Kier molecular flexibility index (Phi) is 7.45. The first-order valence-corrected chi connectivity index (χ1v) is 13.3. The standard InChI is InChI=1S/C31H36O8/c1-16-13-22-23(30(22,6)7)14-24(34)18(3)27(37-19(4)32)25-26(38-29(36)21-11-9-8-10-12-21)17(2)15-31(25,28(16)35)39-20(5)33/h8-13,17,22-23,25-27H,3,14-15H2,1-2,4-7H3/b16-13+/t17-,22+,23-,25+,26-,27-,31+/m0/s1. The van der Waals surface area contributed by atoms with Gasteiger partial charge in [0.25, 0.3) is 0 Å². The van der Waals surface area contributed by atoms with Crippen LogP contribution in [0.25, 0.3) is 0 Å². The van der Waals surface area contributed by atoms with Crippen molar-refractivity contribution in [2.45, 2.75) is 72.2 Å². The van der Waals surface area contributed by atoms with Gasteiger partial charge in [-0.3, -0.25) is 19.2 Å². The summed E-state index contributed by atoms with van der Waals surface area (Å²) in [5.74, 6) is -4.62. The van der Waals surface area contributed by atoms with Crippen molar-refractivity contribution in [1.29, 1.82) is 0 Å². The lowest BCUT2D eigenvalue weighted by Gasteiger charge is -2.39. The maximum atomic E-state index is 14.3. The van der Waals surface area contributed by atoms with E-state index < -0.39 is 53.3 Å². The van der Waals surface area contributed by atoms with Crippen LogP contribution in [0.4, 0.5) is 0 Å². The van der Waals surface area contributed by atoms with E-state index in [4.69, 9.17) is 14.2 Å². The van der Waals surface area contributed by atoms with Crippen molar-refractivity contribution in [2.75, 3.05) is 0 Å². The first kappa shape index (κ1) is 28.5. The minimum absolute atomic E-state index is 0.00468. The molecule has 0 heterocycles. The number of rotatable bonds is 4. The monoisotopic (exact) mass is 536 g/mol. The van der Waals surface area contributed by atoms with Gasteiger partial charge in [-0.1, -0.05) is 51.6 Å².